The molecule has 5 heteroatoms. The van der Waals surface area contributed by atoms with Gasteiger partial charge in [0.05, 0.1) is 13.2 Å². The van der Waals surface area contributed by atoms with Gasteiger partial charge in [0.2, 0.25) is 0 Å². The zero-order valence-electron chi connectivity index (χ0n) is 15.5. The van der Waals surface area contributed by atoms with Crippen LogP contribution in [0.5, 0.6) is 0 Å². The molecule has 134 valence electrons. The van der Waals surface area contributed by atoms with Gasteiger partial charge in [-0.25, -0.2) is 0 Å². The number of guanidine groups is 1. The largest absolute Gasteiger partial charge is 0.379 e. The fraction of sp³-hybridized carbons (Fsp3) is 0.944. The Kier molecular flexibility index (Phi) is 7.63. The van der Waals surface area contributed by atoms with Crippen LogP contribution in [0, 0.1) is 11.8 Å². The highest BCUT2D eigenvalue weighted by molar-refractivity contribution is 5.80. The summed E-state index contributed by atoms with van der Waals surface area (Å²) in [5.74, 6) is 2.52. The maximum atomic E-state index is 5.50. The molecule has 0 aromatic rings. The molecule has 0 aromatic carbocycles. The van der Waals surface area contributed by atoms with Crippen LogP contribution in [-0.4, -0.2) is 62.8 Å². The molecule has 3 unspecified atom stereocenters. The number of ether oxygens (including phenoxy) is 1. The van der Waals surface area contributed by atoms with Gasteiger partial charge in [0.1, 0.15) is 0 Å². The summed E-state index contributed by atoms with van der Waals surface area (Å²) in [7, 11) is 1.87. The molecule has 2 N–H and O–H groups in total. The molecule has 1 aliphatic heterocycles. The first-order valence-corrected chi connectivity index (χ1v) is 9.43. The van der Waals surface area contributed by atoms with E-state index in [1.165, 1.54) is 25.7 Å². The standard InChI is InChI=1S/C18H36N4O/c1-5-6-15-12-17(15)21-18(19-4)20-13-16(11-14(2)3)22-7-9-23-10-8-22/h14-17H,5-13H2,1-4H3,(H2,19,20,21). The first kappa shape index (κ1) is 18.5. The quantitative estimate of drug-likeness (QED) is 0.530. The zero-order chi connectivity index (χ0) is 16.7. The van der Waals surface area contributed by atoms with Crippen LogP contribution >= 0.6 is 0 Å². The van der Waals surface area contributed by atoms with Gasteiger partial charge in [-0.1, -0.05) is 27.2 Å². The summed E-state index contributed by atoms with van der Waals surface area (Å²) in [4.78, 5) is 6.98. The number of morpholine rings is 1. The highest BCUT2D eigenvalue weighted by atomic mass is 16.5. The van der Waals surface area contributed by atoms with Crippen molar-refractivity contribution in [2.75, 3.05) is 39.9 Å². The summed E-state index contributed by atoms with van der Waals surface area (Å²) in [6.07, 6.45) is 5.13. The van der Waals surface area contributed by atoms with Gasteiger partial charge in [0.25, 0.3) is 0 Å². The Bertz CT molecular complexity index is 366. The van der Waals surface area contributed by atoms with E-state index in [0.717, 1.165) is 44.7 Å². The van der Waals surface area contributed by atoms with Crippen LogP contribution < -0.4 is 10.6 Å². The van der Waals surface area contributed by atoms with Gasteiger partial charge in [-0.15, -0.1) is 0 Å². The van der Waals surface area contributed by atoms with Crippen LogP contribution in [0.1, 0.15) is 46.5 Å². The minimum atomic E-state index is 0.558. The van der Waals surface area contributed by atoms with Crippen molar-refractivity contribution in [1.82, 2.24) is 15.5 Å². The lowest BCUT2D eigenvalue weighted by Gasteiger charge is -2.35. The minimum absolute atomic E-state index is 0.558. The molecule has 2 fully saturated rings. The van der Waals surface area contributed by atoms with Crippen molar-refractivity contribution in [3.63, 3.8) is 0 Å². The third-order valence-corrected chi connectivity index (χ3v) is 4.94. The molecule has 23 heavy (non-hydrogen) atoms. The summed E-state index contributed by atoms with van der Waals surface area (Å²) in [6, 6.07) is 1.19. The summed E-state index contributed by atoms with van der Waals surface area (Å²) in [5.41, 5.74) is 0. The Hall–Kier alpha value is -0.810. The van der Waals surface area contributed by atoms with E-state index in [0.29, 0.717) is 18.0 Å². The molecule has 1 saturated heterocycles. The molecule has 1 saturated carbocycles. The average Bonchev–Trinajstić information content (AvgIpc) is 3.28. The second-order valence-corrected chi connectivity index (χ2v) is 7.42. The summed E-state index contributed by atoms with van der Waals surface area (Å²) in [5, 5.41) is 7.15. The number of nitrogens with one attached hydrogen (secondary N) is 2. The van der Waals surface area contributed by atoms with Crippen LogP contribution in [0.3, 0.4) is 0 Å². The molecule has 0 bridgehead atoms. The van der Waals surface area contributed by atoms with Crippen LogP contribution in [0.15, 0.2) is 4.99 Å². The maximum Gasteiger partial charge on any atom is 0.191 e. The molecule has 0 aromatic heterocycles. The SMILES string of the molecule is CCCC1CC1NC(=NC)NCC(CC(C)C)N1CCOCC1. The Morgan fingerprint density at radius 1 is 1.30 bits per heavy atom. The van der Waals surface area contributed by atoms with Crippen molar-refractivity contribution >= 4 is 5.96 Å². The van der Waals surface area contributed by atoms with E-state index in [1.807, 2.05) is 7.05 Å². The summed E-state index contributed by atoms with van der Waals surface area (Å²) in [6.45, 7) is 11.7. The lowest BCUT2D eigenvalue weighted by Crippen LogP contribution is -2.51. The third-order valence-electron chi connectivity index (χ3n) is 4.94. The van der Waals surface area contributed by atoms with E-state index in [2.05, 4.69) is 41.3 Å². The third kappa shape index (κ3) is 6.30. The van der Waals surface area contributed by atoms with E-state index in [9.17, 15) is 0 Å². The molecule has 0 amide bonds. The molecule has 5 nitrogen and oxygen atoms in total. The van der Waals surface area contributed by atoms with Gasteiger partial charge < -0.3 is 15.4 Å². The second-order valence-electron chi connectivity index (χ2n) is 7.42. The van der Waals surface area contributed by atoms with Crippen molar-refractivity contribution in [3.8, 4) is 0 Å². The highest BCUT2D eigenvalue weighted by Gasteiger charge is 2.36. The second kappa shape index (κ2) is 9.48. The predicted octanol–water partition coefficient (Wildman–Crippen LogP) is 2.09. The van der Waals surface area contributed by atoms with E-state index in [-0.39, 0.29) is 0 Å². The molecule has 0 spiro atoms. The Balaban J connectivity index is 1.78. The highest BCUT2D eigenvalue weighted by Crippen LogP contribution is 2.34. The van der Waals surface area contributed by atoms with Gasteiger partial charge in [0.15, 0.2) is 5.96 Å². The van der Waals surface area contributed by atoms with Crippen molar-refractivity contribution in [1.29, 1.82) is 0 Å². The zero-order valence-corrected chi connectivity index (χ0v) is 15.5. The molecule has 0 radical (unpaired) electrons. The summed E-state index contributed by atoms with van der Waals surface area (Å²) >= 11 is 0. The van der Waals surface area contributed by atoms with Gasteiger partial charge in [-0.05, 0) is 31.1 Å². The molecular weight excluding hydrogens is 288 g/mol. The van der Waals surface area contributed by atoms with E-state index in [1.54, 1.807) is 0 Å². The van der Waals surface area contributed by atoms with Crippen molar-refractivity contribution in [3.05, 3.63) is 0 Å². The van der Waals surface area contributed by atoms with Crippen LogP contribution in [0.4, 0.5) is 0 Å². The van der Waals surface area contributed by atoms with E-state index >= 15 is 0 Å². The number of rotatable bonds is 8. The Labute approximate surface area is 142 Å². The number of hydrogen-bond acceptors (Lipinski definition) is 3. The molecule has 1 aliphatic carbocycles. The van der Waals surface area contributed by atoms with E-state index in [4.69, 9.17) is 4.74 Å². The Morgan fingerprint density at radius 3 is 2.65 bits per heavy atom. The van der Waals surface area contributed by atoms with Crippen molar-refractivity contribution in [2.45, 2.75) is 58.5 Å². The van der Waals surface area contributed by atoms with Crippen molar-refractivity contribution in [2.24, 2.45) is 16.8 Å². The first-order valence-electron chi connectivity index (χ1n) is 9.43. The topological polar surface area (TPSA) is 48.9 Å². The lowest BCUT2D eigenvalue weighted by atomic mass is 10.0. The normalized spacial score (nSPS) is 27.1. The molecule has 2 rings (SSSR count). The predicted molar refractivity (Wildman–Crippen MR) is 96.9 cm³/mol. The first-order chi connectivity index (χ1) is 11.1. The van der Waals surface area contributed by atoms with E-state index < -0.39 is 0 Å². The maximum absolute atomic E-state index is 5.50. The fourth-order valence-corrected chi connectivity index (χ4v) is 3.55. The molecule has 3 atom stereocenters. The number of hydrogen-bond donors (Lipinski definition) is 2. The monoisotopic (exact) mass is 324 g/mol. The smallest absolute Gasteiger partial charge is 0.191 e. The van der Waals surface area contributed by atoms with Crippen molar-refractivity contribution < 1.29 is 4.74 Å². The fourth-order valence-electron chi connectivity index (χ4n) is 3.55. The van der Waals surface area contributed by atoms with Gasteiger partial charge in [-0.3, -0.25) is 9.89 Å². The van der Waals surface area contributed by atoms with Gasteiger partial charge >= 0.3 is 0 Å². The van der Waals surface area contributed by atoms with Crippen LogP contribution in [0.2, 0.25) is 0 Å². The Morgan fingerprint density at radius 2 is 2.04 bits per heavy atom. The summed E-state index contributed by atoms with van der Waals surface area (Å²) < 4.78 is 5.50. The van der Waals surface area contributed by atoms with Gasteiger partial charge in [-0.2, -0.15) is 0 Å². The van der Waals surface area contributed by atoms with Crippen LogP contribution in [-0.2, 0) is 4.74 Å². The number of nitrogens with zero attached hydrogens (tertiary/aromatic N) is 2. The van der Waals surface area contributed by atoms with Gasteiger partial charge in [0, 0.05) is 38.8 Å². The minimum Gasteiger partial charge on any atom is -0.379 e. The molecule has 2 aliphatic rings. The number of aliphatic imine (C=N–C) groups is 1. The lowest BCUT2D eigenvalue weighted by molar-refractivity contribution is 0.0132. The average molecular weight is 325 g/mol. The van der Waals surface area contributed by atoms with Crippen LogP contribution in [0.25, 0.3) is 0 Å². The molecular formula is C18H36N4O. The molecule has 1 heterocycles.